The molecule has 0 spiro atoms. The van der Waals surface area contributed by atoms with Crippen molar-refractivity contribution in [3.63, 3.8) is 0 Å². The Labute approximate surface area is 190 Å². The Balaban J connectivity index is 1.28. The largest absolute Gasteiger partial charge is 0.493 e. The molecule has 0 bridgehead atoms. The molecule has 5 rings (SSSR count). The molecule has 3 heterocycles. The third kappa shape index (κ3) is 3.77. The lowest BCUT2D eigenvalue weighted by molar-refractivity contribution is 0.174. The van der Waals surface area contributed by atoms with Gasteiger partial charge in [0.15, 0.2) is 28.1 Å². The van der Waals surface area contributed by atoms with Crippen molar-refractivity contribution < 1.29 is 18.9 Å². The third-order valence-electron chi connectivity index (χ3n) is 5.61. The molecule has 9 nitrogen and oxygen atoms in total. The molecule has 0 atom stereocenters. The number of hydrogen-bond donors (Lipinski definition) is 1. The molecule has 0 radical (unpaired) electrons. The maximum Gasteiger partial charge on any atom is 0.231 e. The Morgan fingerprint density at radius 1 is 0.969 bits per heavy atom. The monoisotopic (exact) mass is 453 g/mol. The van der Waals surface area contributed by atoms with Crippen molar-refractivity contribution in [2.45, 2.75) is 0 Å². The molecule has 10 heteroatoms. The topological polar surface area (TPSA) is 81.2 Å². The lowest BCUT2D eigenvalue weighted by Gasteiger charge is -2.37. The number of anilines is 2. The van der Waals surface area contributed by atoms with E-state index >= 15 is 0 Å². The van der Waals surface area contributed by atoms with E-state index in [-0.39, 0.29) is 6.79 Å². The number of nitrogens with zero attached hydrogens (tertiary/aromatic N) is 4. The molecule has 0 aliphatic carbocycles. The van der Waals surface area contributed by atoms with Crippen LogP contribution in [0.15, 0.2) is 36.7 Å². The van der Waals surface area contributed by atoms with Crippen LogP contribution in [0.1, 0.15) is 0 Å². The molecule has 166 valence electrons. The molecule has 1 fully saturated rings. The van der Waals surface area contributed by atoms with Crippen molar-refractivity contribution in [1.82, 2.24) is 14.9 Å². The number of benzene rings is 2. The van der Waals surface area contributed by atoms with Crippen molar-refractivity contribution in [1.29, 1.82) is 0 Å². The predicted molar refractivity (Wildman–Crippen MR) is 125 cm³/mol. The number of piperazine rings is 1. The number of fused-ring (bicyclic) bond motifs is 2. The number of ether oxygens (including phenoxy) is 4. The van der Waals surface area contributed by atoms with E-state index in [1.807, 2.05) is 30.3 Å². The molecule has 2 aliphatic heterocycles. The summed E-state index contributed by atoms with van der Waals surface area (Å²) in [5.74, 6) is 3.66. The maximum absolute atomic E-state index is 5.64. The molecular formula is C22H23N5O4S. The smallest absolute Gasteiger partial charge is 0.231 e. The SMILES string of the molecule is COc1cc2ncnc(N3CCN(C(=S)Nc4ccc5c(c4)OCO5)CC3)c2cc1OC. The van der Waals surface area contributed by atoms with E-state index < -0.39 is 0 Å². The minimum atomic E-state index is 0.252. The van der Waals surface area contributed by atoms with E-state index in [1.165, 1.54) is 0 Å². The second kappa shape index (κ2) is 8.54. The first-order valence-corrected chi connectivity index (χ1v) is 10.6. The predicted octanol–water partition coefficient (Wildman–Crippen LogP) is 2.89. The molecule has 0 unspecified atom stereocenters. The summed E-state index contributed by atoms with van der Waals surface area (Å²) >= 11 is 5.64. The summed E-state index contributed by atoms with van der Waals surface area (Å²) in [5.41, 5.74) is 1.69. The van der Waals surface area contributed by atoms with Gasteiger partial charge in [-0.3, -0.25) is 0 Å². The van der Waals surface area contributed by atoms with Crippen LogP contribution >= 0.6 is 12.2 Å². The van der Waals surface area contributed by atoms with Gasteiger partial charge in [0.1, 0.15) is 12.1 Å². The van der Waals surface area contributed by atoms with Crippen LogP contribution < -0.4 is 29.2 Å². The van der Waals surface area contributed by atoms with E-state index in [9.17, 15) is 0 Å². The average Bonchev–Trinajstić information content (AvgIpc) is 3.30. The first-order valence-electron chi connectivity index (χ1n) is 10.2. The minimum Gasteiger partial charge on any atom is -0.493 e. The summed E-state index contributed by atoms with van der Waals surface area (Å²) in [6, 6.07) is 9.53. The average molecular weight is 454 g/mol. The highest BCUT2D eigenvalue weighted by molar-refractivity contribution is 7.80. The molecule has 2 aromatic carbocycles. The number of rotatable bonds is 4. The lowest BCUT2D eigenvalue weighted by atomic mass is 10.2. The van der Waals surface area contributed by atoms with Gasteiger partial charge in [-0.15, -0.1) is 0 Å². The van der Waals surface area contributed by atoms with Gasteiger partial charge < -0.3 is 34.1 Å². The number of nitrogens with one attached hydrogen (secondary N) is 1. The Morgan fingerprint density at radius 3 is 2.50 bits per heavy atom. The molecule has 1 saturated heterocycles. The van der Waals surface area contributed by atoms with Gasteiger partial charge in [0.25, 0.3) is 0 Å². The van der Waals surface area contributed by atoms with Crippen molar-refractivity contribution in [3.05, 3.63) is 36.7 Å². The van der Waals surface area contributed by atoms with E-state index in [4.69, 9.17) is 31.2 Å². The van der Waals surface area contributed by atoms with Gasteiger partial charge in [-0.25, -0.2) is 9.97 Å². The van der Waals surface area contributed by atoms with Crippen LogP contribution in [0.2, 0.25) is 0 Å². The van der Waals surface area contributed by atoms with E-state index in [1.54, 1.807) is 20.5 Å². The standard InChI is InChI=1S/C22H23N5O4S/c1-28-18-10-15-16(11-19(18)29-2)23-12-24-21(15)26-5-7-27(8-6-26)22(32)25-14-3-4-17-20(9-14)31-13-30-17/h3-4,9-12H,5-8,13H2,1-2H3,(H,25,32). The minimum absolute atomic E-state index is 0.252. The first kappa shape index (κ1) is 20.4. The zero-order chi connectivity index (χ0) is 22.1. The molecule has 0 amide bonds. The number of thiocarbonyl (C=S) groups is 1. The van der Waals surface area contributed by atoms with Gasteiger partial charge in [0.2, 0.25) is 6.79 Å². The highest BCUT2D eigenvalue weighted by Gasteiger charge is 2.23. The zero-order valence-corrected chi connectivity index (χ0v) is 18.6. The summed E-state index contributed by atoms with van der Waals surface area (Å²) in [5, 5.41) is 4.91. The fraction of sp³-hybridized carbons (Fsp3) is 0.318. The van der Waals surface area contributed by atoms with Crippen LogP contribution in [0.4, 0.5) is 11.5 Å². The van der Waals surface area contributed by atoms with Crippen LogP contribution in [0.5, 0.6) is 23.0 Å². The molecule has 3 aromatic rings. The van der Waals surface area contributed by atoms with Crippen LogP contribution in [0.3, 0.4) is 0 Å². The van der Waals surface area contributed by atoms with Crippen molar-refractivity contribution in [2.24, 2.45) is 0 Å². The Morgan fingerprint density at radius 2 is 1.72 bits per heavy atom. The molecule has 1 aromatic heterocycles. The number of methoxy groups -OCH3 is 2. The van der Waals surface area contributed by atoms with Crippen LogP contribution in [0.25, 0.3) is 10.9 Å². The fourth-order valence-electron chi connectivity index (χ4n) is 3.92. The van der Waals surface area contributed by atoms with E-state index in [0.717, 1.165) is 60.1 Å². The molecule has 2 aliphatic rings. The van der Waals surface area contributed by atoms with Gasteiger partial charge in [-0.05, 0) is 30.4 Å². The first-order chi connectivity index (χ1) is 15.7. The molecule has 0 saturated carbocycles. The van der Waals surface area contributed by atoms with Gasteiger partial charge in [-0.1, -0.05) is 0 Å². The third-order valence-corrected chi connectivity index (χ3v) is 5.97. The van der Waals surface area contributed by atoms with Crippen LogP contribution in [0, 0.1) is 0 Å². The normalized spacial score (nSPS) is 15.1. The second-order valence-electron chi connectivity index (χ2n) is 7.39. The summed E-state index contributed by atoms with van der Waals surface area (Å²) in [6.07, 6.45) is 1.59. The van der Waals surface area contributed by atoms with E-state index in [2.05, 4.69) is 25.1 Å². The second-order valence-corrected chi connectivity index (χ2v) is 7.78. The highest BCUT2D eigenvalue weighted by Crippen LogP contribution is 2.36. The summed E-state index contributed by atoms with van der Waals surface area (Å²) in [6.45, 7) is 3.36. The lowest BCUT2D eigenvalue weighted by Crippen LogP contribution is -2.50. The van der Waals surface area contributed by atoms with E-state index in [0.29, 0.717) is 16.6 Å². The summed E-state index contributed by atoms with van der Waals surface area (Å²) in [7, 11) is 3.24. The van der Waals surface area contributed by atoms with Gasteiger partial charge in [0, 0.05) is 49.4 Å². The fourth-order valence-corrected chi connectivity index (χ4v) is 4.22. The van der Waals surface area contributed by atoms with Crippen molar-refractivity contribution >= 4 is 39.7 Å². The Kier molecular flexibility index (Phi) is 5.44. The maximum atomic E-state index is 5.64. The highest BCUT2D eigenvalue weighted by atomic mass is 32.1. The Hall–Kier alpha value is -3.53. The van der Waals surface area contributed by atoms with Gasteiger partial charge in [-0.2, -0.15) is 0 Å². The summed E-state index contributed by atoms with van der Waals surface area (Å²) in [4.78, 5) is 13.4. The van der Waals surface area contributed by atoms with Crippen molar-refractivity contribution in [2.75, 3.05) is 57.4 Å². The molecule has 32 heavy (non-hydrogen) atoms. The summed E-state index contributed by atoms with van der Waals surface area (Å²) < 4.78 is 21.7. The van der Waals surface area contributed by atoms with Crippen LogP contribution in [-0.4, -0.2) is 67.2 Å². The van der Waals surface area contributed by atoms with Crippen LogP contribution in [-0.2, 0) is 0 Å². The molecular weight excluding hydrogens is 430 g/mol. The molecule has 1 N–H and O–H groups in total. The number of aromatic nitrogens is 2. The quantitative estimate of drug-likeness (QED) is 0.596. The zero-order valence-electron chi connectivity index (χ0n) is 17.8. The number of hydrogen-bond acceptors (Lipinski definition) is 8. The van der Waals surface area contributed by atoms with Crippen molar-refractivity contribution in [3.8, 4) is 23.0 Å². The van der Waals surface area contributed by atoms with Gasteiger partial charge >= 0.3 is 0 Å². The van der Waals surface area contributed by atoms with Gasteiger partial charge in [0.05, 0.1) is 19.7 Å². The Bertz CT molecular complexity index is 1170.